The molecular formula is C39H36N4. The molecule has 0 saturated carbocycles. The summed E-state index contributed by atoms with van der Waals surface area (Å²) in [7, 11) is 0. The van der Waals surface area contributed by atoms with Gasteiger partial charge in [-0.2, -0.15) is 0 Å². The minimum Gasteiger partial charge on any atom is -0.384 e. The molecule has 0 aliphatic heterocycles. The number of fused-ring (bicyclic) bond motifs is 8. The molecule has 0 bridgehead atoms. The Bertz CT molecular complexity index is 1830. The summed E-state index contributed by atoms with van der Waals surface area (Å²) in [6, 6.07) is 34.5. The number of benzene rings is 4. The lowest BCUT2D eigenvalue weighted by Gasteiger charge is -2.15. The molecule has 2 heterocycles. The Labute approximate surface area is 253 Å². The van der Waals surface area contributed by atoms with Crippen LogP contribution in [0.1, 0.15) is 54.4 Å². The van der Waals surface area contributed by atoms with Gasteiger partial charge in [-0.1, -0.05) is 104 Å². The van der Waals surface area contributed by atoms with Crippen molar-refractivity contribution >= 4 is 33.2 Å². The van der Waals surface area contributed by atoms with Gasteiger partial charge in [-0.25, -0.2) is 9.97 Å². The second kappa shape index (κ2) is 11.2. The Morgan fingerprint density at radius 1 is 0.465 bits per heavy atom. The van der Waals surface area contributed by atoms with Crippen LogP contribution in [-0.2, 0) is 12.8 Å². The normalized spacial score (nSPS) is 12.7. The molecular weight excluding hydrogens is 524 g/mol. The van der Waals surface area contributed by atoms with E-state index in [1.165, 1.54) is 87.6 Å². The summed E-state index contributed by atoms with van der Waals surface area (Å²) in [5.41, 5.74) is 15.0. The number of pyridine rings is 2. The number of para-hydroxylation sites is 2. The van der Waals surface area contributed by atoms with Gasteiger partial charge in [0, 0.05) is 70.3 Å². The average Bonchev–Trinajstić information content (AvgIpc) is 3.61. The molecule has 2 aromatic heterocycles. The van der Waals surface area contributed by atoms with Crippen molar-refractivity contribution in [2.45, 2.75) is 44.9 Å². The zero-order valence-corrected chi connectivity index (χ0v) is 24.5. The number of nitrogens with one attached hydrogen (secondary N) is 2. The molecule has 2 aliphatic rings. The van der Waals surface area contributed by atoms with E-state index in [-0.39, 0.29) is 0 Å². The van der Waals surface area contributed by atoms with Gasteiger partial charge in [0.2, 0.25) is 0 Å². The standard InChI is InChI=1S/C39H36N4/c1(2-12-22-40-36-30-18-8-10-20-34(30)42-38-28-16-6-4-14-26(28)24-32(36)38)3-13-23-41-37-31-19-9-11-21-35(31)43-39-29-17-7-5-15-27(29)25-33(37)39/h4-11,14-21H,1-3,12-13,22-25H2,(H,40,42)(H,41,43). The minimum absolute atomic E-state index is 0.959. The number of aromatic nitrogens is 2. The number of nitrogens with zero attached hydrogens (tertiary/aromatic N) is 2. The maximum Gasteiger partial charge on any atom is 0.0768 e. The van der Waals surface area contributed by atoms with Crippen LogP contribution in [0, 0.1) is 0 Å². The molecule has 43 heavy (non-hydrogen) atoms. The Morgan fingerprint density at radius 3 is 1.40 bits per heavy atom. The van der Waals surface area contributed by atoms with Crippen molar-refractivity contribution in [1.82, 2.24) is 9.97 Å². The molecule has 6 aromatic rings. The maximum atomic E-state index is 5.06. The quantitative estimate of drug-likeness (QED) is 0.164. The molecule has 0 unspecified atom stereocenters. The van der Waals surface area contributed by atoms with Gasteiger partial charge in [-0.3, -0.25) is 0 Å². The Hall–Kier alpha value is -4.70. The van der Waals surface area contributed by atoms with Gasteiger partial charge < -0.3 is 10.6 Å². The average molecular weight is 561 g/mol. The van der Waals surface area contributed by atoms with Crippen molar-refractivity contribution in [2.24, 2.45) is 0 Å². The molecule has 4 heteroatoms. The Kier molecular flexibility index (Phi) is 6.75. The van der Waals surface area contributed by atoms with Gasteiger partial charge in [-0.05, 0) is 36.1 Å². The summed E-state index contributed by atoms with van der Waals surface area (Å²) in [5, 5.41) is 10.1. The zero-order chi connectivity index (χ0) is 28.6. The summed E-state index contributed by atoms with van der Waals surface area (Å²) in [6.45, 7) is 1.98. The van der Waals surface area contributed by atoms with E-state index in [9.17, 15) is 0 Å². The molecule has 4 nitrogen and oxygen atoms in total. The van der Waals surface area contributed by atoms with Crippen LogP contribution < -0.4 is 10.6 Å². The van der Waals surface area contributed by atoms with E-state index in [4.69, 9.17) is 9.97 Å². The number of rotatable bonds is 10. The lowest BCUT2D eigenvalue weighted by atomic mass is 10.0. The van der Waals surface area contributed by atoms with Crippen LogP contribution in [0.25, 0.3) is 44.3 Å². The van der Waals surface area contributed by atoms with E-state index in [0.717, 1.165) is 48.4 Å². The molecule has 0 radical (unpaired) electrons. The number of hydrogen-bond donors (Lipinski definition) is 2. The second-order valence-electron chi connectivity index (χ2n) is 12.0. The van der Waals surface area contributed by atoms with Crippen LogP contribution in [0.2, 0.25) is 0 Å². The smallest absolute Gasteiger partial charge is 0.0768 e. The van der Waals surface area contributed by atoms with E-state index in [0.29, 0.717) is 0 Å². The van der Waals surface area contributed by atoms with Crippen molar-refractivity contribution < 1.29 is 0 Å². The Morgan fingerprint density at radius 2 is 0.884 bits per heavy atom. The van der Waals surface area contributed by atoms with Crippen molar-refractivity contribution in [1.29, 1.82) is 0 Å². The highest BCUT2D eigenvalue weighted by Crippen LogP contribution is 2.43. The third-order valence-corrected chi connectivity index (χ3v) is 9.22. The first-order chi connectivity index (χ1) is 21.3. The minimum atomic E-state index is 0.959. The third-order valence-electron chi connectivity index (χ3n) is 9.22. The molecule has 0 spiro atoms. The van der Waals surface area contributed by atoms with E-state index < -0.39 is 0 Å². The van der Waals surface area contributed by atoms with Gasteiger partial charge in [0.05, 0.1) is 22.4 Å². The third kappa shape index (κ3) is 4.71. The van der Waals surface area contributed by atoms with Crippen molar-refractivity contribution in [3.8, 4) is 22.5 Å². The van der Waals surface area contributed by atoms with Crippen LogP contribution >= 0.6 is 0 Å². The second-order valence-corrected chi connectivity index (χ2v) is 12.0. The lowest BCUT2D eigenvalue weighted by molar-refractivity contribution is 0.635. The first-order valence-electron chi connectivity index (χ1n) is 15.8. The van der Waals surface area contributed by atoms with Gasteiger partial charge in [0.25, 0.3) is 0 Å². The molecule has 0 saturated heterocycles. The van der Waals surface area contributed by atoms with Crippen LogP contribution in [-0.4, -0.2) is 23.1 Å². The molecule has 2 N–H and O–H groups in total. The van der Waals surface area contributed by atoms with E-state index in [1.807, 2.05) is 0 Å². The zero-order valence-electron chi connectivity index (χ0n) is 24.5. The summed E-state index contributed by atoms with van der Waals surface area (Å²) in [6.07, 6.45) is 7.99. The molecule has 212 valence electrons. The molecule has 0 amide bonds. The summed E-state index contributed by atoms with van der Waals surface area (Å²) in [5.74, 6) is 0. The van der Waals surface area contributed by atoms with Gasteiger partial charge in [-0.15, -0.1) is 0 Å². The van der Waals surface area contributed by atoms with Crippen LogP contribution in [0.15, 0.2) is 97.1 Å². The van der Waals surface area contributed by atoms with Crippen molar-refractivity contribution in [2.75, 3.05) is 23.7 Å². The van der Waals surface area contributed by atoms with Crippen LogP contribution in [0.3, 0.4) is 0 Å². The molecule has 0 atom stereocenters. The van der Waals surface area contributed by atoms with E-state index in [1.54, 1.807) is 0 Å². The number of unbranched alkanes of at least 4 members (excludes halogenated alkanes) is 4. The topological polar surface area (TPSA) is 49.8 Å². The molecule has 2 aliphatic carbocycles. The molecule has 4 aromatic carbocycles. The highest BCUT2D eigenvalue weighted by molar-refractivity contribution is 5.99. The largest absolute Gasteiger partial charge is 0.384 e. The van der Waals surface area contributed by atoms with Crippen molar-refractivity contribution in [3.05, 3.63) is 119 Å². The SMILES string of the molecule is c1ccc2c(c1)Cc1c-2nc2ccccc2c1NCCCCCCCNc1c2c(nc3ccccc13)-c1ccccc1C2. The summed E-state index contributed by atoms with van der Waals surface area (Å²) < 4.78 is 0. The van der Waals surface area contributed by atoms with Crippen LogP contribution in [0.5, 0.6) is 0 Å². The van der Waals surface area contributed by atoms with E-state index in [2.05, 4.69) is 108 Å². The molecule has 0 fully saturated rings. The molecule has 8 rings (SSSR count). The fraction of sp³-hybridized carbons (Fsp3) is 0.231. The number of anilines is 2. The summed E-state index contributed by atoms with van der Waals surface area (Å²) >= 11 is 0. The fourth-order valence-corrected chi connectivity index (χ4v) is 7.10. The van der Waals surface area contributed by atoms with Gasteiger partial charge in [0.15, 0.2) is 0 Å². The highest BCUT2D eigenvalue weighted by Gasteiger charge is 2.25. The Balaban J connectivity index is 0.866. The van der Waals surface area contributed by atoms with Crippen LogP contribution in [0.4, 0.5) is 11.4 Å². The fourth-order valence-electron chi connectivity index (χ4n) is 7.10. The van der Waals surface area contributed by atoms with E-state index >= 15 is 0 Å². The first kappa shape index (κ1) is 26.0. The monoisotopic (exact) mass is 560 g/mol. The van der Waals surface area contributed by atoms with Gasteiger partial charge in [0.1, 0.15) is 0 Å². The lowest BCUT2D eigenvalue weighted by Crippen LogP contribution is -2.07. The van der Waals surface area contributed by atoms with Crippen molar-refractivity contribution in [3.63, 3.8) is 0 Å². The highest BCUT2D eigenvalue weighted by atomic mass is 14.9. The first-order valence-corrected chi connectivity index (χ1v) is 15.8. The summed E-state index contributed by atoms with van der Waals surface area (Å²) in [4.78, 5) is 10.1. The predicted octanol–water partition coefficient (Wildman–Crippen LogP) is 9.40. The predicted molar refractivity (Wildman–Crippen MR) is 180 cm³/mol. The van der Waals surface area contributed by atoms with Gasteiger partial charge >= 0.3 is 0 Å². The maximum absolute atomic E-state index is 5.06. The number of hydrogen-bond acceptors (Lipinski definition) is 4.